The highest BCUT2D eigenvalue weighted by Gasteiger charge is 2.13. The number of carbonyl (C=O) groups excluding carboxylic acids is 1. The third kappa shape index (κ3) is 4.48. The van der Waals surface area contributed by atoms with Crippen molar-refractivity contribution in [1.82, 2.24) is 4.98 Å². The molecule has 1 amide bonds. The number of aromatic nitrogens is 1. The van der Waals surface area contributed by atoms with E-state index in [1.165, 1.54) is 5.56 Å². The summed E-state index contributed by atoms with van der Waals surface area (Å²) in [5.74, 6) is 1.64. The quantitative estimate of drug-likeness (QED) is 0.644. The lowest BCUT2D eigenvalue weighted by Crippen LogP contribution is -2.15. The Morgan fingerprint density at radius 1 is 0.897 bits per heavy atom. The molecule has 0 radical (unpaired) electrons. The average molecular weight is 389 g/mol. The first-order valence-corrected chi connectivity index (χ1v) is 9.62. The zero-order chi connectivity index (χ0) is 20.2. The third-order valence-electron chi connectivity index (χ3n) is 4.66. The van der Waals surface area contributed by atoms with E-state index < -0.39 is 0 Å². The second-order valence-corrected chi connectivity index (χ2v) is 7.14. The van der Waals surface area contributed by atoms with E-state index in [1.54, 1.807) is 12.3 Å². The molecule has 1 aromatic heterocycles. The van der Waals surface area contributed by atoms with Gasteiger partial charge < -0.3 is 20.1 Å². The standard InChI is InChI=1S/C23H23N3O3/c1-15(2)16-3-5-17(6-4-16)26-23(27)20-13-19(9-10-24-20)25-18-7-8-21-22(14-18)29-12-11-28-21/h3-10,13-15H,11-12H2,1-2H3,(H,24,25)(H,26,27). The monoisotopic (exact) mass is 389 g/mol. The number of amides is 1. The predicted molar refractivity (Wildman–Crippen MR) is 113 cm³/mol. The van der Waals surface area contributed by atoms with Crippen LogP contribution in [0.3, 0.4) is 0 Å². The van der Waals surface area contributed by atoms with Crippen LogP contribution in [-0.4, -0.2) is 24.1 Å². The van der Waals surface area contributed by atoms with Crippen molar-refractivity contribution in [2.24, 2.45) is 0 Å². The van der Waals surface area contributed by atoms with Crippen LogP contribution < -0.4 is 20.1 Å². The second-order valence-electron chi connectivity index (χ2n) is 7.14. The molecule has 0 saturated heterocycles. The summed E-state index contributed by atoms with van der Waals surface area (Å²) in [5.41, 5.74) is 3.91. The van der Waals surface area contributed by atoms with Crippen molar-refractivity contribution in [3.8, 4) is 11.5 Å². The summed E-state index contributed by atoms with van der Waals surface area (Å²) in [6.07, 6.45) is 1.61. The van der Waals surface area contributed by atoms with Crippen molar-refractivity contribution in [2.45, 2.75) is 19.8 Å². The zero-order valence-electron chi connectivity index (χ0n) is 16.4. The van der Waals surface area contributed by atoms with E-state index in [0.29, 0.717) is 30.6 Å². The minimum atomic E-state index is -0.256. The maximum absolute atomic E-state index is 12.6. The Balaban J connectivity index is 1.46. The summed E-state index contributed by atoms with van der Waals surface area (Å²) in [6, 6.07) is 17.0. The van der Waals surface area contributed by atoms with E-state index in [9.17, 15) is 4.79 Å². The van der Waals surface area contributed by atoms with Crippen LogP contribution in [0, 0.1) is 0 Å². The van der Waals surface area contributed by atoms with Crippen LogP contribution >= 0.6 is 0 Å². The van der Waals surface area contributed by atoms with E-state index in [4.69, 9.17) is 9.47 Å². The van der Waals surface area contributed by atoms with E-state index >= 15 is 0 Å². The zero-order valence-corrected chi connectivity index (χ0v) is 16.4. The van der Waals surface area contributed by atoms with Gasteiger partial charge in [-0.3, -0.25) is 9.78 Å². The molecule has 1 aliphatic heterocycles. The van der Waals surface area contributed by atoms with E-state index in [0.717, 1.165) is 22.8 Å². The molecule has 2 heterocycles. The number of rotatable bonds is 5. The molecule has 0 atom stereocenters. The number of ether oxygens (including phenoxy) is 2. The van der Waals surface area contributed by atoms with Crippen LogP contribution in [-0.2, 0) is 0 Å². The molecule has 1 aliphatic rings. The Morgan fingerprint density at radius 3 is 2.34 bits per heavy atom. The first-order valence-electron chi connectivity index (χ1n) is 9.62. The Kier molecular flexibility index (Phi) is 5.33. The lowest BCUT2D eigenvalue weighted by molar-refractivity contribution is 0.102. The normalized spacial score (nSPS) is 12.5. The molecule has 0 spiro atoms. The summed E-state index contributed by atoms with van der Waals surface area (Å²) in [6.45, 7) is 5.37. The molecule has 29 heavy (non-hydrogen) atoms. The van der Waals surface area contributed by atoms with Crippen molar-refractivity contribution in [2.75, 3.05) is 23.8 Å². The summed E-state index contributed by atoms with van der Waals surface area (Å²) in [5, 5.41) is 6.17. The second kappa shape index (κ2) is 8.22. The molecular weight excluding hydrogens is 366 g/mol. The van der Waals surface area contributed by atoms with Crippen LogP contribution in [0.1, 0.15) is 35.8 Å². The topological polar surface area (TPSA) is 72.5 Å². The highest BCUT2D eigenvalue weighted by molar-refractivity contribution is 6.03. The number of anilines is 3. The molecule has 3 aromatic rings. The largest absolute Gasteiger partial charge is 0.486 e. The Morgan fingerprint density at radius 2 is 1.59 bits per heavy atom. The summed E-state index contributed by atoms with van der Waals surface area (Å²) in [4.78, 5) is 16.8. The van der Waals surface area contributed by atoms with Gasteiger partial charge in [0.15, 0.2) is 11.5 Å². The van der Waals surface area contributed by atoms with Crippen molar-refractivity contribution in [3.05, 3.63) is 72.1 Å². The fraction of sp³-hybridized carbons (Fsp3) is 0.217. The van der Waals surface area contributed by atoms with Gasteiger partial charge in [-0.05, 0) is 47.9 Å². The van der Waals surface area contributed by atoms with Crippen LogP contribution in [0.4, 0.5) is 17.1 Å². The summed E-state index contributed by atoms with van der Waals surface area (Å²) in [7, 11) is 0. The molecule has 0 bridgehead atoms. The fourth-order valence-corrected chi connectivity index (χ4v) is 3.07. The Labute approximate surface area is 169 Å². The number of nitrogens with zero attached hydrogens (tertiary/aromatic N) is 1. The highest BCUT2D eigenvalue weighted by Crippen LogP contribution is 2.33. The molecular formula is C23H23N3O3. The minimum absolute atomic E-state index is 0.256. The van der Waals surface area contributed by atoms with E-state index in [-0.39, 0.29) is 5.91 Å². The van der Waals surface area contributed by atoms with Crippen molar-refractivity contribution in [1.29, 1.82) is 0 Å². The van der Waals surface area contributed by atoms with E-state index in [1.807, 2.05) is 48.5 Å². The highest BCUT2D eigenvalue weighted by atomic mass is 16.6. The maximum Gasteiger partial charge on any atom is 0.274 e. The van der Waals surface area contributed by atoms with Gasteiger partial charge in [-0.2, -0.15) is 0 Å². The van der Waals surface area contributed by atoms with E-state index in [2.05, 4.69) is 29.5 Å². The molecule has 0 aliphatic carbocycles. The van der Waals surface area contributed by atoms with Gasteiger partial charge >= 0.3 is 0 Å². The van der Waals surface area contributed by atoms with Crippen molar-refractivity contribution >= 4 is 23.0 Å². The minimum Gasteiger partial charge on any atom is -0.486 e. The van der Waals surface area contributed by atoms with Gasteiger partial charge in [0.05, 0.1) is 0 Å². The predicted octanol–water partition coefficient (Wildman–Crippen LogP) is 4.97. The number of benzene rings is 2. The summed E-state index contributed by atoms with van der Waals surface area (Å²) >= 11 is 0. The van der Waals surface area contributed by atoms with Crippen molar-refractivity contribution in [3.63, 3.8) is 0 Å². The Bertz CT molecular complexity index is 1020. The van der Waals surface area contributed by atoms with Gasteiger partial charge in [0.25, 0.3) is 5.91 Å². The first-order chi connectivity index (χ1) is 14.1. The number of fused-ring (bicyclic) bond motifs is 1. The molecule has 6 heteroatoms. The molecule has 6 nitrogen and oxygen atoms in total. The average Bonchev–Trinajstić information content (AvgIpc) is 2.74. The lowest BCUT2D eigenvalue weighted by atomic mass is 10.0. The lowest BCUT2D eigenvalue weighted by Gasteiger charge is -2.19. The maximum atomic E-state index is 12.6. The molecule has 0 fully saturated rings. The van der Waals surface area contributed by atoms with Crippen LogP contribution in [0.15, 0.2) is 60.8 Å². The number of hydrogen-bond donors (Lipinski definition) is 2. The molecule has 0 unspecified atom stereocenters. The van der Waals surface area contributed by atoms with Crippen LogP contribution in [0.5, 0.6) is 11.5 Å². The van der Waals surface area contributed by atoms with Gasteiger partial charge in [-0.15, -0.1) is 0 Å². The van der Waals surface area contributed by atoms with Crippen LogP contribution in [0.25, 0.3) is 0 Å². The molecule has 2 aromatic carbocycles. The molecule has 0 saturated carbocycles. The van der Waals surface area contributed by atoms with Gasteiger partial charge in [0.1, 0.15) is 18.9 Å². The number of nitrogens with one attached hydrogen (secondary N) is 2. The molecule has 4 rings (SSSR count). The number of carbonyl (C=O) groups is 1. The Hall–Kier alpha value is -3.54. The van der Waals surface area contributed by atoms with Gasteiger partial charge in [0.2, 0.25) is 0 Å². The fourth-order valence-electron chi connectivity index (χ4n) is 3.07. The first kappa shape index (κ1) is 18.8. The van der Waals surface area contributed by atoms with Gasteiger partial charge in [-0.1, -0.05) is 26.0 Å². The number of pyridine rings is 1. The van der Waals surface area contributed by atoms with Gasteiger partial charge in [-0.25, -0.2) is 0 Å². The summed E-state index contributed by atoms with van der Waals surface area (Å²) < 4.78 is 11.2. The van der Waals surface area contributed by atoms with Crippen LogP contribution in [0.2, 0.25) is 0 Å². The smallest absolute Gasteiger partial charge is 0.274 e. The van der Waals surface area contributed by atoms with Crippen molar-refractivity contribution < 1.29 is 14.3 Å². The van der Waals surface area contributed by atoms with Gasteiger partial charge in [0, 0.05) is 29.3 Å². The molecule has 2 N–H and O–H groups in total. The SMILES string of the molecule is CC(C)c1ccc(NC(=O)c2cc(Nc3ccc4c(c3)OCCO4)ccn2)cc1. The third-order valence-corrected chi connectivity index (χ3v) is 4.66. The molecule has 148 valence electrons. The number of hydrogen-bond acceptors (Lipinski definition) is 5.